The van der Waals surface area contributed by atoms with Crippen molar-refractivity contribution >= 4 is 0 Å². The van der Waals surface area contributed by atoms with Crippen molar-refractivity contribution < 1.29 is 10.2 Å². The van der Waals surface area contributed by atoms with Crippen LogP contribution in [0.4, 0.5) is 0 Å². The fourth-order valence-electron chi connectivity index (χ4n) is 0.703. The molecule has 0 aromatic heterocycles. The molecule has 2 N–H and O–H groups in total. The Labute approximate surface area is 79.9 Å². The summed E-state index contributed by atoms with van der Waals surface area (Å²) in [5.74, 6) is 0.329. The van der Waals surface area contributed by atoms with E-state index in [-0.39, 0.29) is 0 Å². The molecule has 1 rings (SSSR count). The maximum atomic E-state index is 8.76. The lowest BCUT2D eigenvalue weighted by molar-refractivity contribution is 0.287. The first kappa shape index (κ1) is 12.0. The minimum atomic E-state index is 0.329. The van der Waals surface area contributed by atoms with Gasteiger partial charge < -0.3 is 10.2 Å². The number of aromatic hydroxyl groups is 1. The Kier molecular flexibility index (Phi) is 7.02. The number of rotatable bonds is 2. The lowest BCUT2D eigenvalue weighted by atomic mass is 10.2. The van der Waals surface area contributed by atoms with Gasteiger partial charge in [-0.1, -0.05) is 31.0 Å². The third-order valence-electron chi connectivity index (χ3n) is 1.55. The monoisotopic (exact) mass is 182 g/mol. The second-order valence-electron chi connectivity index (χ2n) is 2.91. The summed E-state index contributed by atoms with van der Waals surface area (Å²) in [7, 11) is 0. The van der Waals surface area contributed by atoms with Gasteiger partial charge in [-0.15, -0.1) is 0 Å². The highest BCUT2D eigenvalue weighted by Gasteiger charge is 1.82. The smallest absolute Gasteiger partial charge is 0.115 e. The summed E-state index contributed by atoms with van der Waals surface area (Å²) in [5, 5.41) is 16.8. The van der Waals surface area contributed by atoms with E-state index in [4.69, 9.17) is 10.2 Å². The van der Waals surface area contributed by atoms with Crippen molar-refractivity contribution in [3.05, 3.63) is 29.8 Å². The van der Waals surface area contributed by atoms with Crippen LogP contribution in [0.25, 0.3) is 0 Å². The highest BCUT2D eigenvalue weighted by Crippen LogP contribution is 2.07. The van der Waals surface area contributed by atoms with Crippen molar-refractivity contribution in [1.82, 2.24) is 0 Å². The molecule has 0 heterocycles. The molecule has 74 valence electrons. The number of hydrogen-bond acceptors (Lipinski definition) is 2. The summed E-state index contributed by atoms with van der Waals surface area (Å²) in [6, 6.07) is 7.09. The quantitative estimate of drug-likeness (QED) is 0.737. The van der Waals surface area contributed by atoms with Gasteiger partial charge in [0.1, 0.15) is 5.75 Å². The van der Waals surface area contributed by atoms with E-state index in [1.165, 1.54) is 5.56 Å². The fourth-order valence-corrected chi connectivity index (χ4v) is 0.703. The molecule has 0 atom stereocenters. The van der Waals surface area contributed by atoms with Gasteiger partial charge in [-0.3, -0.25) is 0 Å². The molecule has 0 saturated heterocycles. The summed E-state index contributed by atoms with van der Waals surface area (Å²) in [6.07, 6.45) is 2.04. The molecule has 13 heavy (non-hydrogen) atoms. The summed E-state index contributed by atoms with van der Waals surface area (Å²) >= 11 is 0. The predicted octanol–water partition coefficient (Wildman–Crippen LogP) is 2.48. The fraction of sp³-hybridized carbons (Fsp3) is 0.455. The van der Waals surface area contributed by atoms with Gasteiger partial charge in [0.05, 0.1) is 0 Å². The van der Waals surface area contributed by atoms with Crippen LogP contribution in [0, 0.1) is 6.92 Å². The van der Waals surface area contributed by atoms with E-state index >= 15 is 0 Å². The molecule has 0 saturated carbocycles. The molecule has 0 amide bonds. The molecule has 1 aromatic carbocycles. The molecule has 0 unspecified atom stereocenters. The number of phenolic OH excluding ortho intramolecular Hbond substituents is 1. The van der Waals surface area contributed by atoms with Crippen LogP contribution in [0.1, 0.15) is 25.3 Å². The molecule has 0 aliphatic rings. The van der Waals surface area contributed by atoms with E-state index in [0.29, 0.717) is 12.4 Å². The molecule has 0 spiro atoms. The third-order valence-corrected chi connectivity index (χ3v) is 1.55. The molecule has 1 aromatic rings. The van der Waals surface area contributed by atoms with E-state index in [0.717, 1.165) is 12.8 Å². The third kappa shape index (κ3) is 7.34. The summed E-state index contributed by atoms with van der Waals surface area (Å²) in [5.41, 5.74) is 1.17. The van der Waals surface area contributed by atoms with Crippen molar-refractivity contribution in [1.29, 1.82) is 0 Å². The van der Waals surface area contributed by atoms with Crippen LogP contribution in [-0.2, 0) is 0 Å². The molecule has 0 aliphatic carbocycles. The number of benzene rings is 1. The first-order valence-electron chi connectivity index (χ1n) is 4.57. The Balaban J connectivity index is 0.000000252. The Morgan fingerprint density at radius 1 is 1.15 bits per heavy atom. The van der Waals surface area contributed by atoms with Gasteiger partial charge in [0.2, 0.25) is 0 Å². The van der Waals surface area contributed by atoms with Crippen LogP contribution in [0.3, 0.4) is 0 Å². The minimum absolute atomic E-state index is 0.329. The number of hydrogen-bond donors (Lipinski definition) is 2. The standard InChI is InChI=1S/C7H8O.C4H10O/c1-6-2-4-7(8)5-3-6;1-2-3-4-5/h2-5,8H,1H3;5H,2-4H2,1H3. The lowest BCUT2D eigenvalue weighted by Crippen LogP contribution is -1.75. The topological polar surface area (TPSA) is 40.5 Å². The van der Waals surface area contributed by atoms with E-state index in [2.05, 4.69) is 6.92 Å². The summed E-state index contributed by atoms with van der Waals surface area (Å²) < 4.78 is 0. The van der Waals surface area contributed by atoms with Crippen LogP contribution in [0.15, 0.2) is 24.3 Å². The zero-order valence-corrected chi connectivity index (χ0v) is 8.33. The molecule has 0 aliphatic heterocycles. The molecule has 2 nitrogen and oxygen atoms in total. The summed E-state index contributed by atoms with van der Waals surface area (Å²) in [4.78, 5) is 0. The van der Waals surface area contributed by atoms with Crippen LogP contribution in [0.5, 0.6) is 5.75 Å². The summed E-state index contributed by atoms with van der Waals surface area (Å²) in [6.45, 7) is 4.38. The number of phenols is 1. The van der Waals surface area contributed by atoms with Gasteiger partial charge in [-0.2, -0.15) is 0 Å². The number of aliphatic hydroxyl groups excluding tert-OH is 1. The van der Waals surface area contributed by atoms with Gasteiger partial charge in [0.15, 0.2) is 0 Å². The van der Waals surface area contributed by atoms with Crippen molar-refractivity contribution in [2.75, 3.05) is 6.61 Å². The molecular formula is C11H18O2. The second-order valence-corrected chi connectivity index (χ2v) is 2.91. The highest BCUT2D eigenvalue weighted by molar-refractivity contribution is 5.24. The second kappa shape index (κ2) is 7.62. The lowest BCUT2D eigenvalue weighted by Gasteiger charge is -1.89. The number of aliphatic hydroxyl groups is 1. The van der Waals surface area contributed by atoms with Gasteiger partial charge >= 0.3 is 0 Å². The molecule has 0 fully saturated rings. The van der Waals surface area contributed by atoms with Gasteiger partial charge in [-0.05, 0) is 25.5 Å². The Hall–Kier alpha value is -1.02. The average Bonchev–Trinajstić information content (AvgIpc) is 2.13. The Bertz CT molecular complexity index is 181. The Morgan fingerprint density at radius 2 is 1.69 bits per heavy atom. The number of unbranched alkanes of at least 4 members (excludes halogenated alkanes) is 1. The predicted molar refractivity (Wildman–Crippen MR) is 54.8 cm³/mol. The van der Waals surface area contributed by atoms with Crippen molar-refractivity contribution in [3.8, 4) is 5.75 Å². The normalized spacial score (nSPS) is 8.85. The largest absolute Gasteiger partial charge is 0.508 e. The highest BCUT2D eigenvalue weighted by atomic mass is 16.3. The SMILES string of the molecule is CCCCO.Cc1ccc(O)cc1. The van der Waals surface area contributed by atoms with Crippen LogP contribution in [-0.4, -0.2) is 16.8 Å². The van der Waals surface area contributed by atoms with Crippen LogP contribution >= 0.6 is 0 Å². The van der Waals surface area contributed by atoms with Gasteiger partial charge in [-0.25, -0.2) is 0 Å². The van der Waals surface area contributed by atoms with Crippen molar-refractivity contribution in [2.45, 2.75) is 26.7 Å². The molecule has 0 radical (unpaired) electrons. The molecule has 0 bridgehead atoms. The zero-order valence-electron chi connectivity index (χ0n) is 8.33. The number of aryl methyl sites for hydroxylation is 1. The first-order valence-corrected chi connectivity index (χ1v) is 4.57. The van der Waals surface area contributed by atoms with E-state index in [9.17, 15) is 0 Å². The maximum absolute atomic E-state index is 8.76. The van der Waals surface area contributed by atoms with E-state index < -0.39 is 0 Å². The Morgan fingerprint density at radius 3 is 1.92 bits per heavy atom. The minimum Gasteiger partial charge on any atom is -0.508 e. The molecular weight excluding hydrogens is 164 g/mol. The first-order chi connectivity index (χ1) is 6.20. The van der Waals surface area contributed by atoms with Gasteiger partial charge in [0.25, 0.3) is 0 Å². The van der Waals surface area contributed by atoms with Crippen molar-refractivity contribution in [2.24, 2.45) is 0 Å². The van der Waals surface area contributed by atoms with Crippen LogP contribution < -0.4 is 0 Å². The van der Waals surface area contributed by atoms with Crippen LogP contribution in [0.2, 0.25) is 0 Å². The van der Waals surface area contributed by atoms with E-state index in [1.807, 2.05) is 19.1 Å². The average molecular weight is 182 g/mol. The molecule has 2 heteroatoms. The maximum Gasteiger partial charge on any atom is 0.115 e. The zero-order chi connectivity index (χ0) is 10.1. The van der Waals surface area contributed by atoms with Crippen molar-refractivity contribution in [3.63, 3.8) is 0 Å². The van der Waals surface area contributed by atoms with Gasteiger partial charge in [0, 0.05) is 6.61 Å². The van der Waals surface area contributed by atoms with E-state index in [1.54, 1.807) is 12.1 Å².